The largest absolute Gasteiger partial charge is 0.456 e. The number of rotatable bonds is 12. The van der Waals surface area contributed by atoms with E-state index in [1.807, 2.05) is 206 Å². The predicted molar refractivity (Wildman–Crippen MR) is 481 cm³/mol. The number of para-hydroxylation sites is 6. The van der Waals surface area contributed by atoms with Crippen LogP contribution >= 0.6 is 11.3 Å². The van der Waals surface area contributed by atoms with Crippen LogP contribution in [0.5, 0.6) is 0 Å². The van der Waals surface area contributed by atoms with Crippen molar-refractivity contribution in [3.8, 4) is 136 Å². The maximum atomic E-state index is 6.33. The molecule has 564 valence electrons. The van der Waals surface area contributed by atoms with Crippen LogP contribution < -0.4 is 0 Å². The van der Waals surface area contributed by atoms with Gasteiger partial charge in [0.25, 0.3) is 0 Å². The Morgan fingerprint density at radius 2 is 0.508 bits per heavy atom. The number of aromatic nitrogens is 9. The molecule has 0 saturated heterocycles. The Morgan fingerprint density at radius 1 is 0.175 bits per heavy atom. The van der Waals surface area contributed by atoms with E-state index in [1.165, 1.54) is 21.0 Å². The lowest BCUT2D eigenvalue weighted by molar-refractivity contribution is 0.624. The summed E-state index contributed by atoms with van der Waals surface area (Å²) >= 11 is 1.77. The summed E-state index contributed by atoms with van der Waals surface area (Å²) in [5.74, 6) is 6.75. The highest BCUT2D eigenvalue weighted by Gasteiger charge is 2.24. The lowest BCUT2D eigenvalue weighted by atomic mass is 10.0. The minimum absolute atomic E-state index is 0.467. The van der Waals surface area contributed by atoms with Crippen LogP contribution in [0.1, 0.15) is 0 Å². The summed E-state index contributed by atoms with van der Waals surface area (Å²) in [7, 11) is 0. The number of furan rings is 5. The van der Waals surface area contributed by atoms with Gasteiger partial charge < -0.3 is 22.1 Å². The highest BCUT2D eigenvalue weighted by molar-refractivity contribution is 7.26. The van der Waals surface area contributed by atoms with Crippen molar-refractivity contribution in [2.75, 3.05) is 0 Å². The molecular formula is C105H63N9O5S. The number of fused-ring (bicyclic) bond motifs is 12. The van der Waals surface area contributed by atoms with Gasteiger partial charge in [-0.2, -0.15) is 0 Å². The van der Waals surface area contributed by atoms with Crippen LogP contribution in [0.3, 0.4) is 0 Å². The van der Waals surface area contributed by atoms with Gasteiger partial charge in [0, 0.05) is 85.7 Å². The summed E-state index contributed by atoms with van der Waals surface area (Å²) in [6.07, 6.45) is 0. The van der Waals surface area contributed by atoms with Gasteiger partial charge in [-0.05, 0) is 124 Å². The van der Waals surface area contributed by atoms with Crippen LogP contribution in [0.25, 0.3) is 233 Å². The van der Waals surface area contributed by atoms with E-state index in [4.69, 9.17) is 66.9 Å². The zero-order chi connectivity index (χ0) is 79.4. The molecule has 0 aliphatic carbocycles. The molecule has 0 radical (unpaired) electrons. The second-order valence-corrected chi connectivity index (χ2v) is 30.1. The lowest BCUT2D eigenvalue weighted by Gasteiger charge is -2.09. The van der Waals surface area contributed by atoms with Gasteiger partial charge in [-0.3, -0.25) is 0 Å². The first kappa shape index (κ1) is 70.4. The van der Waals surface area contributed by atoms with E-state index in [-0.39, 0.29) is 0 Å². The molecule has 0 bridgehead atoms. The van der Waals surface area contributed by atoms with Gasteiger partial charge in [-0.25, -0.2) is 44.9 Å². The Kier molecular flexibility index (Phi) is 17.7. The fraction of sp³-hybridized carbons (Fsp3) is 0. The molecule has 0 aliphatic rings. The first-order valence-electron chi connectivity index (χ1n) is 39.3. The van der Waals surface area contributed by atoms with Crippen molar-refractivity contribution in [2.24, 2.45) is 0 Å². The molecule has 15 aromatic carbocycles. The monoisotopic (exact) mass is 1560 g/mol. The van der Waals surface area contributed by atoms with Gasteiger partial charge in [0.05, 0.1) is 5.56 Å². The molecule has 0 atom stereocenters. The lowest BCUT2D eigenvalue weighted by Crippen LogP contribution is -2.00. The zero-order valence-corrected chi connectivity index (χ0v) is 64.7. The van der Waals surface area contributed by atoms with Gasteiger partial charge in [-0.1, -0.05) is 291 Å². The first-order chi connectivity index (χ1) is 59.4. The van der Waals surface area contributed by atoms with Crippen molar-refractivity contribution in [1.82, 2.24) is 44.9 Å². The normalized spacial score (nSPS) is 11.5. The molecule has 120 heavy (non-hydrogen) atoms. The molecule has 0 aliphatic heterocycles. The molecule has 9 heterocycles. The topological polar surface area (TPSA) is 182 Å². The summed E-state index contributed by atoms with van der Waals surface area (Å²) in [6, 6.07) is 129. The van der Waals surface area contributed by atoms with E-state index in [2.05, 4.69) is 176 Å². The van der Waals surface area contributed by atoms with Crippen LogP contribution in [0.4, 0.5) is 0 Å². The molecule has 0 amide bonds. The van der Waals surface area contributed by atoms with Crippen LogP contribution in [0, 0.1) is 0 Å². The minimum Gasteiger partial charge on any atom is -0.456 e. The first-order valence-corrected chi connectivity index (χ1v) is 40.2. The minimum atomic E-state index is 0.467. The highest BCUT2D eigenvalue weighted by atomic mass is 32.1. The van der Waals surface area contributed by atoms with Gasteiger partial charge in [0.2, 0.25) is 0 Å². The Balaban J connectivity index is 0.000000108. The number of nitrogens with zero attached hydrogens (tertiary/aromatic N) is 9. The third-order valence-corrected chi connectivity index (χ3v) is 22.7. The molecule has 0 saturated carbocycles. The Bertz CT molecular complexity index is 7880. The number of thiophene rings is 1. The van der Waals surface area contributed by atoms with Gasteiger partial charge in [0.15, 0.2) is 69.7 Å². The quantitative estimate of drug-likeness (QED) is 0.113. The van der Waals surface area contributed by atoms with Gasteiger partial charge in [0.1, 0.15) is 39.1 Å². The van der Waals surface area contributed by atoms with E-state index in [1.54, 1.807) is 11.3 Å². The second-order valence-electron chi connectivity index (χ2n) is 29.1. The molecule has 24 aromatic rings. The second kappa shape index (κ2) is 30.2. The van der Waals surface area contributed by atoms with Crippen LogP contribution in [-0.4, -0.2) is 44.9 Å². The van der Waals surface area contributed by atoms with Crippen molar-refractivity contribution in [3.05, 3.63) is 382 Å². The van der Waals surface area contributed by atoms with Crippen molar-refractivity contribution < 1.29 is 22.1 Å². The molecule has 0 fully saturated rings. The molecule has 0 N–H and O–H groups in total. The van der Waals surface area contributed by atoms with Crippen molar-refractivity contribution >= 4 is 108 Å². The Labute approximate surface area is 689 Å². The third-order valence-electron chi connectivity index (χ3n) is 21.5. The molecule has 9 aromatic heterocycles. The average molecular weight is 1560 g/mol. The molecule has 0 unspecified atom stereocenters. The van der Waals surface area contributed by atoms with Crippen molar-refractivity contribution in [3.63, 3.8) is 0 Å². The summed E-state index contributed by atoms with van der Waals surface area (Å²) < 4.78 is 33.3. The van der Waals surface area contributed by atoms with Gasteiger partial charge in [-0.15, -0.1) is 11.3 Å². The average Bonchev–Trinajstić information content (AvgIpc) is 1.52. The number of hydrogen-bond donors (Lipinski definition) is 0. The van der Waals surface area contributed by atoms with Crippen LogP contribution in [0.2, 0.25) is 0 Å². The Hall–Kier alpha value is -16.2. The zero-order valence-electron chi connectivity index (χ0n) is 63.8. The summed E-state index contributed by atoms with van der Waals surface area (Å²) in [6.45, 7) is 0. The summed E-state index contributed by atoms with van der Waals surface area (Å²) in [5, 5.41) is 9.61. The van der Waals surface area contributed by atoms with Crippen molar-refractivity contribution in [2.45, 2.75) is 0 Å². The fourth-order valence-electron chi connectivity index (χ4n) is 15.6. The molecule has 15 heteroatoms. The van der Waals surface area contributed by atoms with Gasteiger partial charge >= 0.3 is 0 Å². The molecule has 14 nitrogen and oxygen atoms in total. The van der Waals surface area contributed by atoms with E-state index in [0.717, 1.165) is 143 Å². The van der Waals surface area contributed by atoms with E-state index in [9.17, 15) is 0 Å². The summed E-state index contributed by atoms with van der Waals surface area (Å²) in [5.41, 5.74) is 17.8. The van der Waals surface area contributed by atoms with Crippen LogP contribution in [0.15, 0.2) is 404 Å². The Morgan fingerprint density at radius 3 is 1.04 bits per heavy atom. The maximum Gasteiger partial charge on any atom is 0.199 e. The van der Waals surface area contributed by atoms with E-state index < -0.39 is 0 Å². The third kappa shape index (κ3) is 13.5. The number of benzene rings is 15. The summed E-state index contributed by atoms with van der Waals surface area (Å²) in [4.78, 5) is 44.4. The van der Waals surface area contributed by atoms with Crippen LogP contribution in [-0.2, 0) is 0 Å². The van der Waals surface area contributed by atoms with E-state index in [0.29, 0.717) is 69.7 Å². The molecular weight excluding hydrogens is 1500 g/mol. The maximum absolute atomic E-state index is 6.33. The predicted octanol–water partition coefficient (Wildman–Crippen LogP) is 28.0. The highest BCUT2D eigenvalue weighted by Crippen LogP contribution is 2.43. The fourth-order valence-corrected chi connectivity index (χ4v) is 16.8. The molecule has 24 rings (SSSR count). The standard InChI is InChI=1S/2C35H21N3O2.C35H21N3OS/c1-2-10-22(11-3-1)23-13-8-14-25(20-23)33-36-34(38-35(37-33)31-21-24-12-4-6-18-29(24)39-31)28-17-9-16-27-26-15-5-7-19-30(26)40-32(27)28;1-2-8-22(9-3-1)23-14-16-24(17-15-23)33-36-34(38-35(37-33)32-21-25-10-4-6-12-29(25)39-32)26-18-19-31-28(20-26)27-11-5-7-13-30(27)40-31;1-2-9-22(10-3-1)23-17-19-24(20-18-23)33-36-34(38-35(37-33)30-21-25-11-4-6-15-29(25)39-30)28-14-8-13-27-26-12-5-7-16-31(26)40-32(27)28/h3*1-21H. The van der Waals surface area contributed by atoms with E-state index >= 15 is 0 Å². The number of hydrogen-bond acceptors (Lipinski definition) is 15. The molecule has 0 spiro atoms. The smallest absolute Gasteiger partial charge is 0.199 e. The van der Waals surface area contributed by atoms with Crippen molar-refractivity contribution in [1.29, 1.82) is 0 Å². The SMILES string of the molecule is c1ccc(-c2ccc(-c3nc(-c4cc5ccccc5o4)nc(-c4cccc5c4sc4ccccc45)n3)cc2)cc1.c1ccc(-c2ccc(-c3nc(-c4ccc5oc6ccccc6c5c4)nc(-c4cc5ccccc5o4)n3)cc2)cc1.c1ccc(-c2cccc(-c3nc(-c4cc5ccccc5o4)nc(-c4cccc5c4oc4ccccc45)n3)c2)cc1.